The van der Waals surface area contributed by atoms with Crippen molar-refractivity contribution in [3.05, 3.63) is 0 Å². The number of rotatable bonds is 3. The fourth-order valence-electron chi connectivity index (χ4n) is 3.46. The van der Waals surface area contributed by atoms with E-state index >= 15 is 0 Å². The molecule has 3 aliphatic heterocycles. The molecule has 0 aromatic rings. The van der Waals surface area contributed by atoms with Crippen molar-refractivity contribution in [2.45, 2.75) is 37.8 Å². The van der Waals surface area contributed by atoms with Gasteiger partial charge in [0, 0.05) is 49.6 Å². The lowest BCUT2D eigenvalue weighted by Gasteiger charge is -2.26. The monoisotopic (exact) mass is 283 g/mol. The minimum absolute atomic E-state index is 0.363. The van der Waals surface area contributed by atoms with Crippen molar-refractivity contribution in [3.8, 4) is 0 Å². The van der Waals surface area contributed by atoms with E-state index in [-0.39, 0.29) is 0 Å². The van der Waals surface area contributed by atoms with Crippen LogP contribution in [0.3, 0.4) is 0 Å². The van der Waals surface area contributed by atoms with E-state index in [1.165, 1.54) is 38.1 Å². The first-order valence-corrected chi connectivity index (χ1v) is 8.81. The topological polar surface area (TPSA) is 35.6 Å². The minimum atomic E-state index is 0.363. The Morgan fingerprint density at radius 2 is 2.11 bits per heavy atom. The minimum Gasteiger partial charge on any atom is -0.341 e. The van der Waals surface area contributed by atoms with Gasteiger partial charge in [0.1, 0.15) is 0 Å². The maximum atomic E-state index is 12.3. The quantitative estimate of drug-likeness (QED) is 0.830. The highest BCUT2D eigenvalue weighted by Crippen LogP contribution is 2.21. The highest BCUT2D eigenvalue weighted by molar-refractivity contribution is 7.99. The number of hydrogen-bond donors (Lipinski definition) is 1. The predicted molar refractivity (Wildman–Crippen MR) is 79.5 cm³/mol. The molecule has 0 radical (unpaired) electrons. The highest BCUT2D eigenvalue weighted by atomic mass is 32.2. The molecule has 2 unspecified atom stereocenters. The summed E-state index contributed by atoms with van der Waals surface area (Å²) in [6.07, 6.45) is 4.56. The molecule has 2 atom stereocenters. The first kappa shape index (κ1) is 13.7. The molecule has 0 aliphatic carbocycles. The van der Waals surface area contributed by atoms with Crippen LogP contribution in [0.25, 0.3) is 0 Å². The molecule has 0 spiro atoms. The van der Waals surface area contributed by atoms with Crippen LogP contribution >= 0.6 is 11.8 Å². The summed E-state index contributed by atoms with van der Waals surface area (Å²) in [5.74, 6) is 2.64. The fraction of sp³-hybridized carbons (Fsp3) is 0.929. The Hall–Kier alpha value is -0.260. The molecule has 0 aromatic heterocycles. The van der Waals surface area contributed by atoms with Gasteiger partial charge < -0.3 is 10.2 Å². The molecule has 4 nitrogen and oxygen atoms in total. The molecule has 3 rings (SSSR count). The van der Waals surface area contributed by atoms with Gasteiger partial charge >= 0.3 is 0 Å². The third-order valence-corrected chi connectivity index (χ3v) is 5.72. The fourth-order valence-corrected chi connectivity index (χ4v) is 4.41. The Kier molecular flexibility index (Phi) is 4.66. The summed E-state index contributed by atoms with van der Waals surface area (Å²) in [5.41, 5.74) is 0. The second-order valence-corrected chi connectivity index (χ2v) is 7.11. The van der Waals surface area contributed by atoms with Crippen LogP contribution in [-0.4, -0.2) is 72.0 Å². The lowest BCUT2D eigenvalue weighted by molar-refractivity contribution is -0.130. The van der Waals surface area contributed by atoms with Crippen LogP contribution in [0.15, 0.2) is 0 Å². The highest BCUT2D eigenvalue weighted by Gasteiger charge is 2.32. The second kappa shape index (κ2) is 6.46. The van der Waals surface area contributed by atoms with Crippen molar-refractivity contribution in [2.75, 3.05) is 44.2 Å². The van der Waals surface area contributed by atoms with Gasteiger partial charge in [-0.1, -0.05) is 0 Å². The lowest BCUT2D eigenvalue weighted by atomic mass is 10.2. The largest absolute Gasteiger partial charge is 0.341 e. The smallest absolute Gasteiger partial charge is 0.224 e. The zero-order valence-corrected chi connectivity index (χ0v) is 12.5. The standard InChI is InChI=1S/C14H25N3OS/c18-14(9-12-11-19-8-4-15-12)17-7-3-13(10-17)16-5-1-2-6-16/h12-13,15H,1-11H2. The number of amides is 1. The molecule has 0 saturated carbocycles. The molecule has 3 fully saturated rings. The van der Waals surface area contributed by atoms with Crippen LogP contribution in [-0.2, 0) is 4.79 Å². The molecule has 3 aliphatic rings. The lowest BCUT2D eigenvalue weighted by Crippen LogP contribution is -2.43. The molecule has 5 heteroatoms. The molecule has 0 bridgehead atoms. The number of hydrogen-bond acceptors (Lipinski definition) is 4. The molecule has 19 heavy (non-hydrogen) atoms. The van der Waals surface area contributed by atoms with Crippen LogP contribution < -0.4 is 5.32 Å². The normalized spacial score (nSPS) is 32.9. The van der Waals surface area contributed by atoms with E-state index in [2.05, 4.69) is 15.1 Å². The van der Waals surface area contributed by atoms with E-state index in [0.717, 1.165) is 25.4 Å². The van der Waals surface area contributed by atoms with Crippen LogP contribution in [0.5, 0.6) is 0 Å². The number of carbonyl (C=O) groups is 1. The Morgan fingerprint density at radius 3 is 2.84 bits per heavy atom. The zero-order chi connectivity index (χ0) is 13.1. The Morgan fingerprint density at radius 1 is 1.26 bits per heavy atom. The number of carbonyl (C=O) groups excluding carboxylic acids is 1. The number of likely N-dealkylation sites (tertiary alicyclic amines) is 2. The van der Waals surface area contributed by atoms with Crippen molar-refractivity contribution in [3.63, 3.8) is 0 Å². The van der Waals surface area contributed by atoms with Gasteiger partial charge in [0.15, 0.2) is 0 Å². The van der Waals surface area contributed by atoms with Gasteiger partial charge in [-0.3, -0.25) is 9.69 Å². The Labute approximate surface area is 120 Å². The average Bonchev–Trinajstić information content (AvgIpc) is 3.11. The molecule has 3 saturated heterocycles. The summed E-state index contributed by atoms with van der Waals surface area (Å²) >= 11 is 1.97. The third-order valence-electron chi connectivity index (χ3n) is 4.59. The van der Waals surface area contributed by atoms with Crippen molar-refractivity contribution >= 4 is 17.7 Å². The van der Waals surface area contributed by atoms with Crippen LogP contribution in [0.4, 0.5) is 0 Å². The van der Waals surface area contributed by atoms with Gasteiger partial charge in [-0.25, -0.2) is 0 Å². The summed E-state index contributed by atoms with van der Waals surface area (Å²) in [6, 6.07) is 1.04. The van der Waals surface area contributed by atoms with Gasteiger partial charge in [-0.05, 0) is 32.4 Å². The van der Waals surface area contributed by atoms with Gasteiger partial charge in [0.2, 0.25) is 5.91 Å². The number of nitrogens with zero attached hydrogens (tertiary/aromatic N) is 2. The van der Waals surface area contributed by atoms with E-state index < -0.39 is 0 Å². The van der Waals surface area contributed by atoms with Crippen LogP contribution in [0.2, 0.25) is 0 Å². The molecule has 3 heterocycles. The maximum absolute atomic E-state index is 12.3. The summed E-state index contributed by atoms with van der Waals surface area (Å²) < 4.78 is 0. The van der Waals surface area contributed by atoms with Crippen molar-refractivity contribution in [2.24, 2.45) is 0 Å². The van der Waals surface area contributed by atoms with Crippen LogP contribution in [0, 0.1) is 0 Å². The predicted octanol–water partition coefficient (Wildman–Crippen LogP) is 0.778. The molecule has 1 N–H and O–H groups in total. The zero-order valence-electron chi connectivity index (χ0n) is 11.6. The number of nitrogens with one attached hydrogen (secondary N) is 1. The summed E-state index contributed by atoms with van der Waals surface area (Å²) in [6.45, 7) is 5.48. The van der Waals surface area contributed by atoms with Crippen molar-refractivity contribution < 1.29 is 4.79 Å². The van der Waals surface area contributed by atoms with E-state index in [1.54, 1.807) is 0 Å². The molecular formula is C14H25N3OS. The Bertz CT molecular complexity index is 314. The van der Waals surface area contributed by atoms with Crippen molar-refractivity contribution in [1.29, 1.82) is 0 Å². The SMILES string of the molecule is O=C(CC1CSCCN1)N1CCC(N2CCCC2)C1. The van der Waals surface area contributed by atoms with E-state index in [9.17, 15) is 4.79 Å². The van der Waals surface area contributed by atoms with Gasteiger partial charge in [0.05, 0.1) is 0 Å². The van der Waals surface area contributed by atoms with Gasteiger partial charge in [-0.15, -0.1) is 0 Å². The first-order chi connectivity index (χ1) is 9.33. The first-order valence-electron chi connectivity index (χ1n) is 7.66. The summed E-state index contributed by atoms with van der Waals surface area (Å²) in [7, 11) is 0. The van der Waals surface area contributed by atoms with Crippen molar-refractivity contribution in [1.82, 2.24) is 15.1 Å². The molecule has 108 valence electrons. The van der Waals surface area contributed by atoms with E-state index in [4.69, 9.17) is 0 Å². The average molecular weight is 283 g/mol. The third kappa shape index (κ3) is 3.44. The molecule has 1 amide bonds. The second-order valence-electron chi connectivity index (χ2n) is 5.96. The summed E-state index contributed by atoms with van der Waals surface area (Å²) in [4.78, 5) is 17.0. The van der Waals surface area contributed by atoms with Gasteiger partial charge in [-0.2, -0.15) is 11.8 Å². The Balaban J connectivity index is 1.45. The molecular weight excluding hydrogens is 258 g/mol. The molecule has 0 aromatic carbocycles. The van der Waals surface area contributed by atoms with E-state index in [0.29, 0.717) is 24.4 Å². The number of thioether (sulfide) groups is 1. The van der Waals surface area contributed by atoms with Crippen LogP contribution in [0.1, 0.15) is 25.7 Å². The maximum Gasteiger partial charge on any atom is 0.224 e. The summed E-state index contributed by atoms with van der Waals surface area (Å²) in [5, 5.41) is 3.46. The van der Waals surface area contributed by atoms with E-state index in [1.807, 2.05) is 11.8 Å². The van der Waals surface area contributed by atoms with Gasteiger partial charge in [0.25, 0.3) is 0 Å².